The summed E-state index contributed by atoms with van der Waals surface area (Å²) in [5.74, 6) is 0.355. The lowest BCUT2D eigenvalue weighted by atomic mass is 10.0. The minimum Gasteiger partial charge on any atom is -0.508 e. The van der Waals surface area contributed by atoms with Crippen LogP contribution in [0.5, 0.6) is 5.75 Å². The smallest absolute Gasteiger partial charge is 0.119 e. The molecule has 0 heterocycles. The van der Waals surface area contributed by atoms with E-state index in [1.807, 2.05) is 13.0 Å². The summed E-state index contributed by atoms with van der Waals surface area (Å²) < 4.78 is 0. The third-order valence-corrected chi connectivity index (χ3v) is 4.20. The van der Waals surface area contributed by atoms with Gasteiger partial charge < -0.3 is 10.4 Å². The van der Waals surface area contributed by atoms with Crippen LogP contribution < -0.4 is 5.32 Å². The minimum absolute atomic E-state index is 0.355. The van der Waals surface area contributed by atoms with Gasteiger partial charge in [-0.25, -0.2) is 0 Å². The van der Waals surface area contributed by atoms with E-state index < -0.39 is 0 Å². The number of nitrogens with one attached hydrogen (secondary N) is 1. The van der Waals surface area contributed by atoms with Crippen LogP contribution >= 0.6 is 0 Å². The molecule has 2 N–H and O–H groups in total. The Hall–Kier alpha value is -2.48. The standard InChI is InChI=1S/C20H21NO/c1-13-4-5-14(2)19(10-13)21-12-16-6-8-18-15(3)20(22)9-7-17(18)11-16/h4-11,21-22H,12H2,1-3H3. The van der Waals surface area contributed by atoms with Crippen molar-refractivity contribution in [3.63, 3.8) is 0 Å². The van der Waals surface area contributed by atoms with E-state index in [0.717, 1.165) is 22.9 Å². The summed E-state index contributed by atoms with van der Waals surface area (Å²) in [6.07, 6.45) is 0. The van der Waals surface area contributed by atoms with Crippen LogP contribution in [0.2, 0.25) is 0 Å². The van der Waals surface area contributed by atoms with Crippen molar-refractivity contribution in [3.05, 3.63) is 70.8 Å². The number of rotatable bonds is 3. The molecule has 112 valence electrons. The highest BCUT2D eigenvalue weighted by Crippen LogP contribution is 2.27. The Morgan fingerprint density at radius 1 is 0.909 bits per heavy atom. The van der Waals surface area contributed by atoms with Gasteiger partial charge in [0.15, 0.2) is 0 Å². The van der Waals surface area contributed by atoms with Crippen molar-refractivity contribution < 1.29 is 5.11 Å². The zero-order valence-corrected chi connectivity index (χ0v) is 13.3. The molecule has 0 spiro atoms. The van der Waals surface area contributed by atoms with Crippen molar-refractivity contribution in [2.45, 2.75) is 27.3 Å². The molecule has 0 atom stereocenters. The normalized spacial score (nSPS) is 10.9. The summed E-state index contributed by atoms with van der Waals surface area (Å²) in [6.45, 7) is 6.97. The zero-order valence-electron chi connectivity index (χ0n) is 13.3. The molecule has 2 nitrogen and oxygen atoms in total. The van der Waals surface area contributed by atoms with Gasteiger partial charge in [-0.05, 0) is 72.0 Å². The summed E-state index contributed by atoms with van der Waals surface area (Å²) in [4.78, 5) is 0. The number of benzene rings is 3. The lowest BCUT2D eigenvalue weighted by Gasteiger charge is -2.12. The molecule has 3 aromatic carbocycles. The molecule has 22 heavy (non-hydrogen) atoms. The molecule has 0 aromatic heterocycles. The topological polar surface area (TPSA) is 32.3 Å². The fourth-order valence-electron chi connectivity index (χ4n) is 2.76. The molecule has 0 fully saturated rings. The number of fused-ring (bicyclic) bond motifs is 1. The zero-order chi connectivity index (χ0) is 15.7. The first kappa shape index (κ1) is 14.5. The van der Waals surface area contributed by atoms with Gasteiger partial charge in [0.25, 0.3) is 0 Å². The Morgan fingerprint density at radius 2 is 1.73 bits per heavy atom. The summed E-state index contributed by atoms with van der Waals surface area (Å²) in [5, 5.41) is 15.6. The van der Waals surface area contributed by atoms with E-state index in [0.29, 0.717) is 5.75 Å². The minimum atomic E-state index is 0.355. The number of hydrogen-bond acceptors (Lipinski definition) is 2. The average molecular weight is 291 g/mol. The van der Waals surface area contributed by atoms with Crippen molar-refractivity contribution in [2.75, 3.05) is 5.32 Å². The van der Waals surface area contributed by atoms with Gasteiger partial charge in [0, 0.05) is 12.2 Å². The van der Waals surface area contributed by atoms with Crippen LogP contribution in [-0.4, -0.2) is 5.11 Å². The van der Waals surface area contributed by atoms with E-state index in [4.69, 9.17) is 0 Å². The van der Waals surface area contributed by atoms with Crippen LogP contribution in [0.4, 0.5) is 5.69 Å². The SMILES string of the molecule is Cc1ccc(C)c(NCc2ccc3c(C)c(O)ccc3c2)c1. The quantitative estimate of drug-likeness (QED) is 0.705. The number of phenolic OH excluding ortho intramolecular Hbond substituents is 1. The largest absolute Gasteiger partial charge is 0.508 e. The summed E-state index contributed by atoms with van der Waals surface area (Å²) >= 11 is 0. The Labute approximate surface area is 131 Å². The average Bonchev–Trinajstić information content (AvgIpc) is 2.52. The maximum atomic E-state index is 9.78. The Kier molecular flexibility index (Phi) is 3.76. The number of aryl methyl sites for hydroxylation is 3. The monoisotopic (exact) mass is 291 g/mol. The van der Waals surface area contributed by atoms with Gasteiger partial charge in [-0.2, -0.15) is 0 Å². The third-order valence-electron chi connectivity index (χ3n) is 4.20. The molecule has 0 saturated heterocycles. The van der Waals surface area contributed by atoms with Crippen LogP contribution in [0, 0.1) is 20.8 Å². The summed E-state index contributed by atoms with van der Waals surface area (Å²) in [7, 11) is 0. The first-order valence-electron chi connectivity index (χ1n) is 7.57. The predicted molar refractivity (Wildman–Crippen MR) is 93.6 cm³/mol. The lowest BCUT2D eigenvalue weighted by molar-refractivity contribution is 0.472. The van der Waals surface area contributed by atoms with Gasteiger partial charge in [0.1, 0.15) is 5.75 Å². The van der Waals surface area contributed by atoms with E-state index >= 15 is 0 Å². The number of phenols is 1. The molecule has 2 heteroatoms. The molecule has 0 bridgehead atoms. The van der Waals surface area contributed by atoms with Gasteiger partial charge in [-0.1, -0.05) is 30.3 Å². The van der Waals surface area contributed by atoms with Crippen LogP contribution in [0.3, 0.4) is 0 Å². The molecular formula is C20H21NO. The fraction of sp³-hybridized carbons (Fsp3) is 0.200. The van der Waals surface area contributed by atoms with Crippen molar-refractivity contribution in [3.8, 4) is 5.75 Å². The van der Waals surface area contributed by atoms with E-state index in [-0.39, 0.29) is 0 Å². The second kappa shape index (κ2) is 5.72. The molecule has 3 rings (SSSR count). The molecule has 0 saturated carbocycles. The third kappa shape index (κ3) is 2.77. The Morgan fingerprint density at radius 3 is 2.55 bits per heavy atom. The van der Waals surface area contributed by atoms with Crippen LogP contribution in [0.1, 0.15) is 22.3 Å². The predicted octanol–water partition coefficient (Wildman–Crippen LogP) is 5.08. The van der Waals surface area contributed by atoms with Crippen molar-refractivity contribution >= 4 is 16.5 Å². The maximum absolute atomic E-state index is 9.78. The van der Waals surface area contributed by atoms with Crippen LogP contribution in [-0.2, 0) is 6.54 Å². The Bertz CT molecular complexity index is 836. The lowest BCUT2D eigenvalue weighted by Crippen LogP contribution is -2.01. The van der Waals surface area contributed by atoms with E-state index in [2.05, 4.69) is 55.6 Å². The highest BCUT2D eigenvalue weighted by molar-refractivity contribution is 5.88. The van der Waals surface area contributed by atoms with Gasteiger partial charge in [0.2, 0.25) is 0 Å². The molecule has 3 aromatic rings. The molecule has 0 amide bonds. The highest BCUT2D eigenvalue weighted by atomic mass is 16.3. The van der Waals surface area contributed by atoms with E-state index in [1.54, 1.807) is 6.07 Å². The fourth-order valence-corrected chi connectivity index (χ4v) is 2.76. The molecule has 0 unspecified atom stereocenters. The summed E-state index contributed by atoms with van der Waals surface area (Å²) in [6, 6.07) is 16.6. The second-order valence-corrected chi connectivity index (χ2v) is 5.94. The molecular weight excluding hydrogens is 270 g/mol. The summed E-state index contributed by atoms with van der Waals surface area (Å²) in [5.41, 5.74) is 5.87. The number of aromatic hydroxyl groups is 1. The van der Waals surface area contributed by atoms with Gasteiger partial charge in [-0.15, -0.1) is 0 Å². The maximum Gasteiger partial charge on any atom is 0.119 e. The first-order valence-corrected chi connectivity index (χ1v) is 7.57. The Balaban J connectivity index is 1.85. The van der Waals surface area contributed by atoms with Crippen molar-refractivity contribution in [2.24, 2.45) is 0 Å². The highest BCUT2D eigenvalue weighted by Gasteiger charge is 2.04. The van der Waals surface area contributed by atoms with Crippen LogP contribution in [0.15, 0.2) is 48.5 Å². The molecule has 0 aliphatic carbocycles. The van der Waals surface area contributed by atoms with Crippen molar-refractivity contribution in [1.29, 1.82) is 0 Å². The van der Waals surface area contributed by atoms with E-state index in [9.17, 15) is 5.11 Å². The van der Waals surface area contributed by atoms with Crippen LogP contribution in [0.25, 0.3) is 10.8 Å². The van der Waals surface area contributed by atoms with Crippen molar-refractivity contribution in [1.82, 2.24) is 0 Å². The molecule has 0 aliphatic rings. The second-order valence-electron chi connectivity index (χ2n) is 5.94. The van der Waals surface area contributed by atoms with Gasteiger partial charge in [-0.3, -0.25) is 0 Å². The van der Waals surface area contributed by atoms with E-state index in [1.165, 1.54) is 22.4 Å². The molecule has 0 radical (unpaired) electrons. The first-order chi connectivity index (χ1) is 10.5. The van der Waals surface area contributed by atoms with Gasteiger partial charge in [0.05, 0.1) is 0 Å². The van der Waals surface area contributed by atoms with Gasteiger partial charge >= 0.3 is 0 Å². The number of anilines is 1. The number of hydrogen-bond donors (Lipinski definition) is 2. The molecule has 0 aliphatic heterocycles.